The fourth-order valence-electron chi connectivity index (χ4n) is 2.84. The summed E-state index contributed by atoms with van der Waals surface area (Å²) in [5.74, 6) is 0. The van der Waals surface area contributed by atoms with Gasteiger partial charge in [0.05, 0.1) is 32.0 Å². The molecule has 16 nitrogen and oxygen atoms in total. The molecule has 8 atom stereocenters. The minimum Gasteiger partial charge on any atom is -0.391 e. The van der Waals surface area contributed by atoms with Crippen LogP contribution in [0.3, 0.4) is 0 Å². The zero-order chi connectivity index (χ0) is 22.7. The van der Waals surface area contributed by atoms with Gasteiger partial charge in [-0.15, -0.1) is 0 Å². The molecular weight excluding hydrogens is 482 g/mol. The SMILES string of the molecule is O=S(O)OC1COCC(OC2OC(COS(=O)(=O)O)CC(O)C2NS(=O)(=O)O)C1O. The molecule has 0 aromatic heterocycles. The molecule has 0 aliphatic carbocycles. The predicted molar refractivity (Wildman–Crippen MR) is 92.6 cm³/mol. The summed E-state index contributed by atoms with van der Waals surface area (Å²) in [6, 6.07) is -1.61. The molecular formula is C11H21NO15S3. The third-order valence-corrected chi connectivity index (χ3v) is 5.48. The van der Waals surface area contributed by atoms with Gasteiger partial charge in [0.15, 0.2) is 6.29 Å². The topological polar surface area (TPSA) is 245 Å². The maximum atomic E-state index is 11.2. The van der Waals surface area contributed by atoms with Crippen LogP contribution in [0.5, 0.6) is 0 Å². The summed E-state index contributed by atoms with van der Waals surface area (Å²) in [6.45, 7) is -1.33. The Bertz CT molecular complexity index is 803. The first-order chi connectivity index (χ1) is 13.7. The highest BCUT2D eigenvalue weighted by Gasteiger charge is 2.45. The summed E-state index contributed by atoms with van der Waals surface area (Å²) >= 11 is -2.74. The minimum atomic E-state index is -4.85. The first-order valence-electron chi connectivity index (χ1n) is 8.14. The van der Waals surface area contributed by atoms with Crippen LogP contribution in [0.15, 0.2) is 0 Å². The molecule has 0 amide bonds. The molecule has 19 heteroatoms. The predicted octanol–water partition coefficient (Wildman–Crippen LogP) is -3.66. The van der Waals surface area contributed by atoms with Gasteiger partial charge >= 0.3 is 32.1 Å². The van der Waals surface area contributed by atoms with Crippen LogP contribution in [0.1, 0.15) is 6.42 Å². The molecule has 2 heterocycles. The van der Waals surface area contributed by atoms with E-state index in [1.807, 2.05) is 0 Å². The van der Waals surface area contributed by atoms with E-state index in [9.17, 15) is 31.3 Å². The third kappa shape index (κ3) is 8.27. The second-order valence-corrected chi connectivity index (χ2v) is 9.22. The van der Waals surface area contributed by atoms with Crippen molar-refractivity contribution in [2.45, 2.75) is 49.3 Å². The van der Waals surface area contributed by atoms with Crippen LogP contribution in [0.25, 0.3) is 0 Å². The van der Waals surface area contributed by atoms with Crippen molar-refractivity contribution < 1.29 is 67.5 Å². The van der Waals surface area contributed by atoms with Crippen LogP contribution in [-0.2, 0) is 54.6 Å². The van der Waals surface area contributed by atoms with Crippen molar-refractivity contribution in [3.63, 3.8) is 0 Å². The van der Waals surface area contributed by atoms with E-state index < -0.39 is 81.5 Å². The van der Waals surface area contributed by atoms with Crippen LogP contribution >= 0.6 is 0 Å². The first-order valence-corrected chi connectivity index (χ1v) is 12.0. The molecule has 2 aliphatic heterocycles. The summed E-state index contributed by atoms with van der Waals surface area (Å²) in [5.41, 5.74) is 0. The highest BCUT2D eigenvalue weighted by Crippen LogP contribution is 2.26. The second kappa shape index (κ2) is 10.5. The molecule has 2 fully saturated rings. The zero-order valence-electron chi connectivity index (χ0n) is 14.9. The van der Waals surface area contributed by atoms with Gasteiger partial charge in [-0.2, -0.15) is 25.8 Å². The van der Waals surface area contributed by atoms with Gasteiger partial charge in [-0.1, -0.05) is 0 Å². The van der Waals surface area contributed by atoms with E-state index in [1.165, 1.54) is 0 Å². The van der Waals surface area contributed by atoms with Gasteiger partial charge in [-0.25, -0.2) is 4.18 Å². The summed E-state index contributed by atoms with van der Waals surface area (Å²) in [7, 11) is -9.69. The van der Waals surface area contributed by atoms with Gasteiger partial charge in [0.25, 0.3) is 0 Å². The number of nitrogens with one attached hydrogen (secondary N) is 1. The van der Waals surface area contributed by atoms with Crippen molar-refractivity contribution in [1.82, 2.24) is 4.72 Å². The van der Waals surface area contributed by atoms with E-state index in [2.05, 4.69) is 8.37 Å². The minimum absolute atomic E-state index is 0.265. The van der Waals surface area contributed by atoms with E-state index in [0.29, 0.717) is 0 Å². The molecule has 30 heavy (non-hydrogen) atoms. The lowest BCUT2D eigenvalue weighted by Crippen LogP contribution is -2.61. The Morgan fingerprint density at radius 3 is 2.30 bits per heavy atom. The number of hydrogen-bond acceptors (Lipinski definition) is 12. The van der Waals surface area contributed by atoms with E-state index in [-0.39, 0.29) is 19.6 Å². The molecule has 2 rings (SSSR count). The highest BCUT2D eigenvalue weighted by atomic mass is 32.3. The fraction of sp³-hybridized carbons (Fsp3) is 1.00. The van der Waals surface area contributed by atoms with Crippen molar-refractivity contribution in [2.24, 2.45) is 0 Å². The third-order valence-electron chi connectivity index (χ3n) is 4.07. The number of aliphatic hydroxyl groups is 2. The van der Waals surface area contributed by atoms with Gasteiger partial charge in [-0.3, -0.25) is 17.8 Å². The van der Waals surface area contributed by atoms with E-state index in [0.717, 1.165) is 0 Å². The summed E-state index contributed by atoms with van der Waals surface area (Å²) in [5, 5.41) is 20.5. The average molecular weight is 503 g/mol. The summed E-state index contributed by atoms with van der Waals surface area (Å²) in [6.07, 6.45) is -9.05. The van der Waals surface area contributed by atoms with Crippen LogP contribution in [0, 0.1) is 0 Å². The van der Waals surface area contributed by atoms with Crippen molar-refractivity contribution in [3.8, 4) is 0 Å². The molecule has 8 unspecified atom stereocenters. The Balaban J connectivity index is 2.15. The number of hydrogen-bond donors (Lipinski definition) is 6. The highest BCUT2D eigenvalue weighted by molar-refractivity contribution is 7.83. The standard InChI is InChI=1S/C11H21NO15S3/c13-6-1-5(2-24-30(20,21)22)25-11(9(6)12-29(17,18)19)26-7-3-23-4-8(10(7)14)27-28(15)16/h5-14H,1-4H2,(H,15,16)(H,17,18,19)(H,20,21,22). The summed E-state index contributed by atoms with van der Waals surface area (Å²) in [4.78, 5) is 0. The van der Waals surface area contributed by atoms with Crippen LogP contribution in [-0.4, -0.2) is 108 Å². The Hall–Kier alpha value is -0.390. The van der Waals surface area contributed by atoms with Gasteiger partial charge < -0.3 is 24.4 Å². The molecule has 2 saturated heterocycles. The Morgan fingerprint density at radius 2 is 1.73 bits per heavy atom. The average Bonchev–Trinajstić information content (AvgIpc) is 2.57. The van der Waals surface area contributed by atoms with Crippen LogP contribution in [0.4, 0.5) is 0 Å². The molecule has 0 saturated carbocycles. The Kier molecular flexibility index (Phi) is 9.04. The van der Waals surface area contributed by atoms with Crippen molar-refractivity contribution >= 4 is 32.1 Å². The largest absolute Gasteiger partial charge is 0.397 e. The number of rotatable bonds is 9. The lowest BCUT2D eigenvalue weighted by atomic mass is 10.0. The monoisotopic (exact) mass is 503 g/mol. The molecule has 2 aliphatic rings. The molecule has 0 spiro atoms. The van der Waals surface area contributed by atoms with Gasteiger partial charge in [-0.05, 0) is 0 Å². The Morgan fingerprint density at radius 1 is 1.10 bits per heavy atom. The number of ether oxygens (including phenoxy) is 3. The molecule has 0 aromatic carbocycles. The molecule has 0 radical (unpaired) electrons. The maximum Gasteiger partial charge on any atom is 0.397 e. The second-order valence-electron chi connectivity index (χ2n) is 6.31. The lowest BCUT2D eigenvalue weighted by molar-refractivity contribution is -0.279. The van der Waals surface area contributed by atoms with Crippen molar-refractivity contribution in [1.29, 1.82) is 0 Å². The lowest BCUT2D eigenvalue weighted by Gasteiger charge is -2.42. The zero-order valence-corrected chi connectivity index (χ0v) is 17.4. The van der Waals surface area contributed by atoms with Gasteiger partial charge in [0, 0.05) is 6.42 Å². The molecule has 178 valence electrons. The summed E-state index contributed by atoms with van der Waals surface area (Å²) < 4.78 is 107. The molecule has 0 aromatic rings. The smallest absolute Gasteiger partial charge is 0.391 e. The fourth-order valence-corrected chi connectivity index (χ4v) is 4.16. The first kappa shape index (κ1) is 25.9. The molecule has 0 bridgehead atoms. The molecule has 6 N–H and O–H groups in total. The Labute approximate surface area is 173 Å². The quantitative estimate of drug-likeness (QED) is 0.131. The normalized spacial score (nSPS) is 37.0. The van der Waals surface area contributed by atoms with Crippen LogP contribution in [0.2, 0.25) is 0 Å². The maximum absolute atomic E-state index is 11.2. The van der Waals surface area contributed by atoms with E-state index in [4.69, 9.17) is 27.9 Å². The number of aliphatic hydroxyl groups excluding tert-OH is 2. The van der Waals surface area contributed by atoms with Crippen LogP contribution < -0.4 is 4.72 Å². The van der Waals surface area contributed by atoms with Gasteiger partial charge in [0.2, 0.25) is 0 Å². The van der Waals surface area contributed by atoms with Crippen molar-refractivity contribution in [2.75, 3.05) is 19.8 Å². The van der Waals surface area contributed by atoms with Crippen molar-refractivity contribution in [3.05, 3.63) is 0 Å². The van der Waals surface area contributed by atoms with E-state index in [1.54, 1.807) is 4.72 Å². The van der Waals surface area contributed by atoms with Gasteiger partial charge in [0.1, 0.15) is 24.4 Å². The van der Waals surface area contributed by atoms with E-state index >= 15 is 0 Å².